The molecule has 0 saturated heterocycles. The van der Waals surface area contributed by atoms with E-state index < -0.39 is 0 Å². The average molecular weight is 419 g/mol. The molecule has 0 bridgehead atoms. The molecule has 1 N–H and O–H groups in total. The summed E-state index contributed by atoms with van der Waals surface area (Å²) in [6.07, 6.45) is 26.6. The Morgan fingerprint density at radius 3 is 1.87 bits per heavy atom. The molecule has 0 aromatic carbocycles. The molecule has 0 saturated carbocycles. The maximum absolute atomic E-state index is 11.8. The van der Waals surface area contributed by atoms with Crippen molar-refractivity contribution in [3.05, 3.63) is 107 Å². The molecule has 31 heavy (non-hydrogen) atoms. The largest absolute Gasteiger partial charge is 0.513 e. The van der Waals surface area contributed by atoms with Gasteiger partial charge in [0.2, 0.25) is 0 Å². The van der Waals surface area contributed by atoms with Crippen LogP contribution in [0.4, 0.5) is 0 Å². The van der Waals surface area contributed by atoms with E-state index >= 15 is 0 Å². The summed E-state index contributed by atoms with van der Waals surface area (Å²) in [6.45, 7) is 14.2. The van der Waals surface area contributed by atoms with E-state index in [4.69, 9.17) is 5.11 Å². The number of hydrogen-bond acceptors (Lipinski definition) is 2. The zero-order valence-corrected chi connectivity index (χ0v) is 20.1. The van der Waals surface area contributed by atoms with Gasteiger partial charge in [-0.3, -0.25) is 4.79 Å². The first-order valence-corrected chi connectivity index (χ1v) is 10.8. The lowest BCUT2D eigenvalue weighted by Gasteiger charge is -2.35. The topological polar surface area (TPSA) is 37.3 Å². The van der Waals surface area contributed by atoms with Crippen LogP contribution in [0.25, 0.3) is 0 Å². The Morgan fingerprint density at radius 1 is 0.871 bits per heavy atom. The summed E-state index contributed by atoms with van der Waals surface area (Å²) in [7, 11) is 0. The van der Waals surface area contributed by atoms with Crippen molar-refractivity contribution in [1.29, 1.82) is 0 Å². The van der Waals surface area contributed by atoms with E-state index in [1.807, 2.05) is 37.3 Å². The normalized spacial score (nSPS) is 21.8. The number of carbonyl (C=O) groups excluding carboxylic acids is 1. The third-order valence-corrected chi connectivity index (χ3v) is 5.15. The minimum absolute atomic E-state index is 0.0364. The lowest BCUT2D eigenvalue weighted by molar-refractivity contribution is -0.117. The number of carbonyl (C=O) groups is 1. The molecular weight excluding hydrogens is 380 g/mol. The summed E-state index contributed by atoms with van der Waals surface area (Å²) in [4.78, 5) is 11.8. The molecule has 0 heterocycles. The van der Waals surface area contributed by atoms with E-state index in [9.17, 15) is 4.79 Å². The summed E-state index contributed by atoms with van der Waals surface area (Å²) in [6, 6.07) is 0. The van der Waals surface area contributed by atoms with Gasteiger partial charge in [0.15, 0.2) is 5.78 Å². The molecule has 1 atom stereocenters. The second kappa shape index (κ2) is 12.7. The molecule has 0 radical (unpaired) electrons. The fourth-order valence-electron chi connectivity index (χ4n) is 3.50. The monoisotopic (exact) mass is 418 g/mol. The zero-order chi connectivity index (χ0) is 23.4. The first-order chi connectivity index (χ1) is 14.5. The molecule has 2 nitrogen and oxygen atoms in total. The van der Waals surface area contributed by atoms with Gasteiger partial charge in [-0.15, -0.1) is 0 Å². The highest BCUT2D eigenvalue weighted by Gasteiger charge is 2.34. The van der Waals surface area contributed by atoms with Crippen LogP contribution in [0, 0.1) is 11.3 Å². The van der Waals surface area contributed by atoms with E-state index in [1.54, 1.807) is 19.1 Å². The number of allylic oxidation sites excluding steroid dienone is 18. The van der Waals surface area contributed by atoms with Crippen LogP contribution in [0.2, 0.25) is 0 Å². The molecule has 0 amide bonds. The first kappa shape index (κ1) is 26.2. The molecule has 1 unspecified atom stereocenters. The molecule has 0 aromatic heterocycles. The third kappa shape index (κ3) is 10.6. The average Bonchev–Trinajstić information content (AvgIpc) is 2.63. The number of aliphatic hydroxyl groups is 1. The molecular formula is C29H38O2. The van der Waals surface area contributed by atoms with Gasteiger partial charge in [-0.2, -0.15) is 0 Å². The number of hydrogen-bond donors (Lipinski definition) is 1. The Balaban J connectivity index is 2.67. The first-order valence-electron chi connectivity index (χ1n) is 10.8. The summed E-state index contributed by atoms with van der Waals surface area (Å²) in [5.41, 5.74) is 4.56. The van der Waals surface area contributed by atoms with Crippen LogP contribution >= 0.6 is 0 Å². The molecule has 1 aliphatic carbocycles. The highest BCUT2D eigenvalue weighted by atomic mass is 16.3. The SMILES string of the molecule is CC(O)=C/C=C/C(C)=C/C=C/C=C(C)/C=C/C=C(C)/C=C/C1C(C)=CC(=O)CC1(C)C. The molecule has 1 rings (SSSR count). The Bertz CT molecular complexity index is 902. The van der Waals surface area contributed by atoms with Crippen LogP contribution in [0.5, 0.6) is 0 Å². The van der Waals surface area contributed by atoms with Gasteiger partial charge < -0.3 is 5.11 Å². The van der Waals surface area contributed by atoms with Crippen LogP contribution in [0.15, 0.2) is 107 Å². The van der Waals surface area contributed by atoms with Gasteiger partial charge >= 0.3 is 0 Å². The maximum atomic E-state index is 11.8. The number of aliphatic hydroxyl groups excluding tert-OH is 1. The van der Waals surface area contributed by atoms with Crippen molar-refractivity contribution in [2.45, 2.75) is 54.9 Å². The van der Waals surface area contributed by atoms with Gasteiger partial charge in [0.25, 0.3) is 0 Å². The van der Waals surface area contributed by atoms with Crippen molar-refractivity contribution < 1.29 is 9.90 Å². The Kier molecular flexibility index (Phi) is 10.8. The number of rotatable bonds is 8. The van der Waals surface area contributed by atoms with Crippen molar-refractivity contribution in [2.24, 2.45) is 11.3 Å². The molecule has 2 heteroatoms. The summed E-state index contributed by atoms with van der Waals surface area (Å²) in [5, 5.41) is 9.12. The molecule has 166 valence electrons. The quantitative estimate of drug-likeness (QED) is 0.319. The Hall–Kier alpha value is -2.87. The van der Waals surface area contributed by atoms with Crippen molar-refractivity contribution in [3.63, 3.8) is 0 Å². The molecule has 1 aliphatic rings. The maximum Gasteiger partial charge on any atom is 0.156 e. The van der Waals surface area contributed by atoms with Gasteiger partial charge in [-0.25, -0.2) is 0 Å². The van der Waals surface area contributed by atoms with E-state index in [1.165, 1.54) is 5.57 Å². The van der Waals surface area contributed by atoms with Crippen LogP contribution in [0.1, 0.15) is 54.9 Å². The zero-order valence-electron chi connectivity index (χ0n) is 20.1. The highest BCUT2D eigenvalue weighted by Crippen LogP contribution is 2.40. The minimum Gasteiger partial charge on any atom is -0.513 e. The van der Waals surface area contributed by atoms with E-state index in [0.717, 1.165) is 16.7 Å². The van der Waals surface area contributed by atoms with E-state index in [0.29, 0.717) is 18.1 Å². The molecule has 0 fully saturated rings. The fraction of sp³-hybridized carbons (Fsp3) is 0.345. The van der Waals surface area contributed by atoms with Crippen LogP contribution < -0.4 is 0 Å². The van der Waals surface area contributed by atoms with Crippen molar-refractivity contribution in [1.82, 2.24) is 0 Å². The van der Waals surface area contributed by atoms with Gasteiger partial charge in [0.05, 0.1) is 5.76 Å². The van der Waals surface area contributed by atoms with Crippen LogP contribution in [0.3, 0.4) is 0 Å². The minimum atomic E-state index is -0.0364. The third-order valence-electron chi connectivity index (χ3n) is 5.15. The van der Waals surface area contributed by atoms with Crippen molar-refractivity contribution in [3.8, 4) is 0 Å². The highest BCUT2D eigenvalue weighted by molar-refractivity contribution is 5.92. The summed E-state index contributed by atoms with van der Waals surface area (Å²) in [5.74, 6) is 0.819. The summed E-state index contributed by atoms with van der Waals surface area (Å²) < 4.78 is 0. The van der Waals surface area contributed by atoms with Crippen molar-refractivity contribution >= 4 is 5.78 Å². The second-order valence-electron chi connectivity index (χ2n) is 9.00. The lowest BCUT2D eigenvalue weighted by Crippen LogP contribution is -2.30. The standard InChI is InChI=1S/C29H38O2/c1-22(12-8-9-13-23(2)16-11-17-26(5)30)14-10-15-24(3)18-19-28-25(4)20-27(31)21-29(28,6)7/h8-20,28,30H,21H2,1-7H3/b9-8+,14-10+,16-11+,19-18+,22-12+,23-13+,24-15+,26-17?. The lowest BCUT2D eigenvalue weighted by atomic mass is 9.68. The van der Waals surface area contributed by atoms with Crippen LogP contribution in [-0.2, 0) is 4.79 Å². The van der Waals surface area contributed by atoms with E-state index in [-0.39, 0.29) is 11.2 Å². The van der Waals surface area contributed by atoms with Gasteiger partial charge in [0.1, 0.15) is 0 Å². The number of ketones is 1. The Labute approximate surface area is 189 Å². The molecule has 0 aliphatic heterocycles. The van der Waals surface area contributed by atoms with Gasteiger partial charge in [0, 0.05) is 12.3 Å². The van der Waals surface area contributed by atoms with Gasteiger partial charge in [-0.05, 0) is 52.2 Å². The van der Waals surface area contributed by atoms with E-state index in [2.05, 4.69) is 71.1 Å². The molecule has 0 spiro atoms. The fourth-order valence-corrected chi connectivity index (χ4v) is 3.50. The summed E-state index contributed by atoms with van der Waals surface area (Å²) >= 11 is 0. The van der Waals surface area contributed by atoms with Crippen LogP contribution in [-0.4, -0.2) is 10.9 Å². The molecule has 0 aromatic rings. The van der Waals surface area contributed by atoms with Gasteiger partial charge in [-0.1, -0.05) is 103 Å². The predicted octanol–water partition coefficient (Wildman–Crippen LogP) is 8.07. The smallest absolute Gasteiger partial charge is 0.156 e. The second-order valence-corrected chi connectivity index (χ2v) is 9.00. The predicted molar refractivity (Wildman–Crippen MR) is 135 cm³/mol. The Morgan fingerprint density at radius 2 is 1.35 bits per heavy atom. The van der Waals surface area contributed by atoms with Crippen molar-refractivity contribution in [2.75, 3.05) is 0 Å².